The van der Waals surface area contributed by atoms with E-state index in [2.05, 4.69) is 34.6 Å². The predicted octanol–water partition coefficient (Wildman–Crippen LogP) is 4.38. The molecule has 4 unspecified atom stereocenters. The van der Waals surface area contributed by atoms with Crippen molar-refractivity contribution in [2.75, 3.05) is 20.3 Å². The summed E-state index contributed by atoms with van der Waals surface area (Å²) in [6.45, 7) is 11.8. The molecule has 7 heteroatoms. The van der Waals surface area contributed by atoms with E-state index in [1.54, 1.807) is 7.11 Å². The Hall–Kier alpha value is -1.12. The Morgan fingerprint density at radius 1 is 1.03 bits per heavy atom. The summed E-state index contributed by atoms with van der Waals surface area (Å²) in [4.78, 5) is 12.5. The van der Waals surface area contributed by atoms with Crippen LogP contribution in [0.3, 0.4) is 0 Å². The van der Waals surface area contributed by atoms with Gasteiger partial charge in [-0.15, -0.1) is 0 Å². The van der Waals surface area contributed by atoms with E-state index in [9.17, 15) is 5.11 Å². The smallest absolute Gasteiger partial charge is 0.204 e. The van der Waals surface area contributed by atoms with Crippen molar-refractivity contribution in [1.82, 2.24) is 0 Å². The van der Waals surface area contributed by atoms with Crippen molar-refractivity contribution in [3.8, 4) is 11.5 Å². The van der Waals surface area contributed by atoms with E-state index in [0.29, 0.717) is 34.8 Å². The monoisotopic (exact) mass is 504 g/mol. The van der Waals surface area contributed by atoms with Crippen molar-refractivity contribution < 1.29 is 28.8 Å². The highest BCUT2D eigenvalue weighted by molar-refractivity contribution is 6.00. The second kappa shape index (κ2) is 9.01. The largest absolute Gasteiger partial charge is 0.553 e. The fourth-order valence-corrected chi connectivity index (χ4v) is 8.58. The quantitative estimate of drug-likeness (QED) is 0.322. The van der Waals surface area contributed by atoms with Crippen LogP contribution in [0, 0.1) is 31.6 Å². The third-order valence-corrected chi connectivity index (χ3v) is 9.89. The Labute approximate surface area is 213 Å². The molecule has 0 radical (unpaired) electrons. The minimum absolute atomic E-state index is 0.154. The lowest BCUT2D eigenvalue weighted by Gasteiger charge is -2.70. The Kier molecular flexibility index (Phi) is 6.57. The summed E-state index contributed by atoms with van der Waals surface area (Å²) in [5.41, 5.74) is 3.55. The van der Waals surface area contributed by atoms with Gasteiger partial charge in [-0.25, -0.2) is 9.78 Å². The molecule has 5 aliphatic rings. The number of aliphatic hydroxyl groups excluding tert-OH is 1. The summed E-state index contributed by atoms with van der Waals surface area (Å²) < 4.78 is 19.1. The first-order valence-electron chi connectivity index (χ1n) is 13.5. The minimum atomic E-state index is -0.491. The molecule has 4 atom stereocenters. The molecular formula is C28H44O6Si. The molecule has 1 saturated heterocycles. The van der Waals surface area contributed by atoms with Gasteiger partial charge in [0.25, 0.3) is 0 Å². The van der Waals surface area contributed by atoms with Gasteiger partial charge in [0.15, 0.2) is 11.7 Å². The summed E-state index contributed by atoms with van der Waals surface area (Å²) in [5.74, 6) is 3.67. The lowest BCUT2D eigenvalue weighted by Crippen LogP contribution is -2.77. The second-order valence-corrected chi connectivity index (χ2v) is 12.9. The maximum atomic E-state index is 9.31. The van der Waals surface area contributed by atoms with E-state index >= 15 is 0 Å². The summed E-state index contributed by atoms with van der Waals surface area (Å²) in [7, 11) is 2.33. The SMILES string of the molecule is COc1c(C)c(C)c(C2OOC23C2CC4CC(C2)CC3(OCCCCO)C4)c(O[SiH3])c1C(C)(C)C. The number of unbranched alkanes of at least 4 members (excludes halogenated alkanes) is 1. The molecule has 1 aliphatic heterocycles. The summed E-state index contributed by atoms with van der Waals surface area (Å²) in [5, 5.41) is 9.31. The first-order chi connectivity index (χ1) is 16.6. The van der Waals surface area contributed by atoms with Crippen molar-refractivity contribution in [2.24, 2.45) is 17.8 Å². The van der Waals surface area contributed by atoms with E-state index in [1.165, 1.54) is 19.3 Å². The van der Waals surface area contributed by atoms with Crippen LogP contribution in [0.25, 0.3) is 0 Å². The van der Waals surface area contributed by atoms with E-state index < -0.39 is 5.60 Å². The predicted molar refractivity (Wildman–Crippen MR) is 138 cm³/mol. The van der Waals surface area contributed by atoms with Crippen molar-refractivity contribution in [3.05, 3.63) is 22.3 Å². The topological polar surface area (TPSA) is 66.4 Å². The number of methoxy groups -OCH3 is 1. The Morgan fingerprint density at radius 2 is 1.71 bits per heavy atom. The third-order valence-electron chi connectivity index (χ3n) is 9.49. The highest BCUT2D eigenvalue weighted by atomic mass is 28.2. The van der Waals surface area contributed by atoms with E-state index in [4.69, 9.17) is 23.7 Å². The minimum Gasteiger partial charge on any atom is -0.553 e. The Bertz CT molecular complexity index is 957. The van der Waals surface area contributed by atoms with Gasteiger partial charge in [-0.1, -0.05) is 20.8 Å². The molecule has 6 nitrogen and oxygen atoms in total. The molecule has 4 saturated carbocycles. The van der Waals surface area contributed by atoms with E-state index in [0.717, 1.165) is 59.4 Å². The van der Waals surface area contributed by atoms with Crippen LogP contribution in [0.1, 0.15) is 94.1 Å². The molecule has 196 valence electrons. The number of hydrogen-bond donors (Lipinski definition) is 1. The van der Waals surface area contributed by atoms with Crippen LogP contribution in [-0.2, 0) is 19.9 Å². The summed E-state index contributed by atoms with van der Waals surface area (Å²) in [6, 6.07) is 0. The van der Waals surface area contributed by atoms with Crippen LogP contribution < -0.4 is 9.16 Å². The highest BCUT2D eigenvalue weighted by Crippen LogP contribution is 2.71. The van der Waals surface area contributed by atoms with Gasteiger partial charge in [-0.05, 0) is 93.1 Å². The van der Waals surface area contributed by atoms with Crippen LogP contribution in [0.5, 0.6) is 11.5 Å². The van der Waals surface area contributed by atoms with Gasteiger partial charge in [-0.2, -0.15) is 0 Å². The number of ether oxygens (including phenoxy) is 2. The first-order valence-corrected chi connectivity index (χ1v) is 14.3. The van der Waals surface area contributed by atoms with Crippen molar-refractivity contribution >= 4 is 10.5 Å². The Morgan fingerprint density at radius 3 is 2.23 bits per heavy atom. The highest BCUT2D eigenvalue weighted by Gasteiger charge is 2.76. The van der Waals surface area contributed by atoms with Crippen LogP contribution in [0.15, 0.2) is 0 Å². The third kappa shape index (κ3) is 3.63. The normalized spacial score (nSPS) is 35.5. The van der Waals surface area contributed by atoms with Gasteiger partial charge >= 0.3 is 0 Å². The average Bonchev–Trinajstić information content (AvgIpc) is 2.77. The lowest BCUT2D eigenvalue weighted by molar-refractivity contribution is -0.571. The number of rotatable bonds is 8. The van der Waals surface area contributed by atoms with E-state index in [1.807, 2.05) is 0 Å². The number of aliphatic hydroxyl groups is 1. The Balaban J connectivity index is 1.64. The molecule has 0 amide bonds. The van der Waals surface area contributed by atoms with Gasteiger partial charge in [0.05, 0.1) is 7.11 Å². The zero-order valence-electron chi connectivity index (χ0n) is 22.7. The number of hydrogen-bond acceptors (Lipinski definition) is 6. The zero-order chi connectivity index (χ0) is 25.2. The molecular weight excluding hydrogens is 460 g/mol. The van der Waals surface area contributed by atoms with Crippen LogP contribution in [0.4, 0.5) is 0 Å². The summed E-state index contributed by atoms with van der Waals surface area (Å²) in [6.07, 6.45) is 7.19. The zero-order valence-corrected chi connectivity index (χ0v) is 24.7. The molecule has 4 bridgehead atoms. The van der Waals surface area contributed by atoms with Gasteiger partial charge < -0.3 is 19.0 Å². The van der Waals surface area contributed by atoms with Gasteiger partial charge in [0.1, 0.15) is 17.1 Å². The van der Waals surface area contributed by atoms with Crippen LogP contribution >= 0.6 is 0 Å². The molecule has 1 heterocycles. The van der Waals surface area contributed by atoms with Crippen LogP contribution in [0.2, 0.25) is 0 Å². The van der Waals surface area contributed by atoms with Gasteiger partial charge in [0.2, 0.25) is 10.5 Å². The fourth-order valence-electron chi connectivity index (χ4n) is 8.16. The van der Waals surface area contributed by atoms with Crippen LogP contribution in [-0.4, -0.2) is 47.1 Å². The van der Waals surface area contributed by atoms with Crippen molar-refractivity contribution in [3.63, 3.8) is 0 Å². The fraction of sp³-hybridized carbons (Fsp3) is 0.786. The molecule has 35 heavy (non-hydrogen) atoms. The van der Waals surface area contributed by atoms with E-state index in [-0.39, 0.29) is 23.7 Å². The van der Waals surface area contributed by atoms with Gasteiger partial charge in [0, 0.05) is 24.3 Å². The van der Waals surface area contributed by atoms with Crippen molar-refractivity contribution in [1.29, 1.82) is 0 Å². The lowest BCUT2D eigenvalue weighted by atomic mass is 9.45. The maximum absolute atomic E-state index is 9.31. The average molecular weight is 505 g/mol. The molecule has 0 aromatic heterocycles. The molecule has 4 aliphatic carbocycles. The molecule has 5 fully saturated rings. The number of benzene rings is 1. The summed E-state index contributed by atoms with van der Waals surface area (Å²) >= 11 is 0. The molecule has 6 rings (SSSR count). The molecule has 1 N–H and O–H groups in total. The maximum Gasteiger partial charge on any atom is 0.204 e. The second-order valence-electron chi connectivity index (χ2n) is 12.5. The van der Waals surface area contributed by atoms with Crippen molar-refractivity contribution in [2.45, 2.75) is 102 Å². The standard InChI is InChI=1S/C28H44O6Si/c1-16-17(2)23(30-6)22(26(3,4)5)24(33-35)21(16)25-28(34-32-25)20-12-18-11-19(13-20)15-27(28,14-18)31-10-8-7-9-29/h18-20,25,29H,7-15H2,1-6,35H3. The molecule has 1 spiro atoms. The van der Waals surface area contributed by atoms with Gasteiger partial charge in [-0.3, -0.25) is 0 Å². The molecule has 1 aromatic carbocycles. The first kappa shape index (κ1) is 25.5. The molecule has 1 aromatic rings.